The van der Waals surface area contributed by atoms with Crippen LogP contribution in [-0.4, -0.2) is 15.1 Å². The van der Waals surface area contributed by atoms with Crippen LogP contribution in [0.5, 0.6) is 0 Å². The number of nitrogens with zero attached hydrogens (tertiary/aromatic N) is 2. The van der Waals surface area contributed by atoms with E-state index in [4.69, 9.17) is 5.11 Å². The summed E-state index contributed by atoms with van der Waals surface area (Å²) in [6, 6.07) is 3.94. The molecule has 0 bridgehead atoms. The van der Waals surface area contributed by atoms with Crippen LogP contribution in [0.4, 0.5) is 0 Å². The van der Waals surface area contributed by atoms with Crippen LogP contribution in [-0.2, 0) is 6.61 Å². The summed E-state index contributed by atoms with van der Waals surface area (Å²) in [7, 11) is 0. The van der Waals surface area contributed by atoms with Crippen LogP contribution in [0.15, 0.2) is 23.7 Å². The highest BCUT2D eigenvalue weighted by atomic mass is 32.1. The van der Waals surface area contributed by atoms with Crippen molar-refractivity contribution >= 4 is 11.3 Å². The van der Waals surface area contributed by atoms with Crippen LogP contribution in [0.2, 0.25) is 0 Å². The molecule has 2 aromatic heterocycles. The minimum atomic E-state index is -0.00418. The first-order chi connectivity index (χ1) is 6.79. The molecule has 0 aromatic carbocycles. The fourth-order valence-corrected chi connectivity index (χ4v) is 1.91. The van der Waals surface area contributed by atoms with Gasteiger partial charge in [0.1, 0.15) is 5.01 Å². The molecule has 0 saturated carbocycles. The van der Waals surface area contributed by atoms with Crippen LogP contribution in [0, 0.1) is 6.92 Å². The van der Waals surface area contributed by atoms with Crippen molar-refractivity contribution in [2.45, 2.75) is 13.5 Å². The topological polar surface area (TPSA) is 46.0 Å². The van der Waals surface area contributed by atoms with Crippen molar-refractivity contribution in [1.29, 1.82) is 0 Å². The van der Waals surface area contributed by atoms with Crippen molar-refractivity contribution < 1.29 is 5.11 Å². The van der Waals surface area contributed by atoms with Gasteiger partial charge >= 0.3 is 0 Å². The number of hydrogen-bond donors (Lipinski definition) is 1. The van der Waals surface area contributed by atoms with Crippen LogP contribution >= 0.6 is 11.3 Å². The van der Waals surface area contributed by atoms with Gasteiger partial charge in [-0.15, -0.1) is 11.3 Å². The Labute approximate surface area is 86.1 Å². The molecule has 72 valence electrons. The third kappa shape index (κ3) is 1.81. The van der Waals surface area contributed by atoms with Gasteiger partial charge in [-0.05, 0) is 19.1 Å². The molecule has 3 nitrogen and oxygen atoms in total. The van der Waals surface area contributed by atoms with E-state index in [1.807, 2.05) is 24.4 Å². The fourth-order valence-electron chi connectivity index (χ4n) is 1.11. The monoisotopic (exact) mass is 206 g/mol. The maximum atomic E-state index is 8.87. The van der Waals surface area contributed by atoms with E-state index in [1.165, 1.54) is 11.3 Å². The minimum Gasteiger partial charge on any atom is -0.390 e. The predicted octanol–water partition coefficient (Wildman–Crippen LogP) is 2.01. The molecule has 4 heteroatoms. The summed E-state index contributed by atoms with van der Waals surface area (Å²) in [5, 5.41) is 11.6. The van der Waals surface area contributed by atoms with E-state index in [-0.39, 0.29) is 6.61 Å². The zero-order valence-corrected chi connectivity index (χ0v) is 8.58. The number of pyridine rings is 1. The molecule has 0 atom stereocenters. The fraction of sp³-hybridized carbons (Fsp3) is 0.200. The van der Waals surface area contributed by atoms with E-state index in [0.717, 1.165) is 16.3 Å². The van der Waals surface area contributed by atoms with Crippen molar-refractivity contribution in [3.8, 4) is 10.6 Å². The summed E-state index contributed by atoms with van der Waals surface area (Å²) in [6.07, 6.45) is 1.80. The van der Waals surface area contributed by atoms with Gasteiger partial charge in [-0.25, -0.2) is 4.98 Å². The highest BCUT2D eigenvalue weighted by Gasteiger charge is 2.03. The minimum absolute atomic E-state index is 0.00418. The van der Waals surface area contributed by atoms with Crippen molar-refractivity contribution in [3.63, 3.8) is 0 Å². The second-order valence-electron chi connectivity index (χ2n) is 2.99. The average molecular weight is 206 g/mol. The van der Waals surface area contributed by atoms with Crippen LogP contribution in [0.3, 0.4) is 0 Å². The summed E-state index contributed by atoms with van der Waals surface area (Å²) >= 11 is 1.52. The van der Waals surface area contributed by atoms with Gasteiger partial charge in [0.05, 0.1) is 12.3 Å². The highest BCUT2D eigenvalue weighted by Crippen LogP contribution is 2.22. The third-order valence-electron chi connectivity index (χ3n) is 1.87. The number of aliphatic hydroxyl groups is 1. The quantitative estimate of drug-likeness (QED) is 0.817. The summed E-state index contributed by atoms with van der Waals surface area (Å²) in [6.45, 7) is 1.95. The third-order valence-corrected chi connectivity index (χ3v) is 2.81. The van der Waals surface area contributed by atoms with Crippen molar-refractivity contribution in [2.24, 2.45) is 0 Å². The molecule has 1 N–H and O–H groups in total. The maximum absolute atomic E-state index is 8.87. The second-order valence-corrected chi connectivity index (χ2v) is 3.85. The molecule has 2 heterocycles. The second kappa shape index (κ2) is 3.86. The highest BCUT2D eigenvalue weighted by molar-refractivity contribution is 7.13. The van der Waals surface area contributed by atoms with Gasteiger partial charge in [-0.2, -0.15) is 0 Å². The van der Waals surface area contributed by atoms with E-state index in [2.05, 4.69) is 9.97 Å². The largest absolute Gasteiger partial charge is 0.390 e. The molecule has 0 radical (unpaired) electrons. The lowest BCUT2D eigenvalue weighted by molar-refractivity contribution is 0.278. The molecule has 0 fully saturated rings. The number of aliphatic hydroxyl groups excluding tert-OH is 1. The van der Waals surface area contributed by atoms with Crippen molar-refractivity contribution in [2.75, 3.05) is 0 Å². The van der Waals surface area contributed by atoms with Gasteiger partial charge in [-0.1, -0.05) is 0 Å². The lowest BCUT2D eigenvalue weighted by Crippen LogP contribution is -1.84. The Hall–Kier alpha value is -1.26. The number of hydrogen-bond acceptors (Lipinski definition) is 4. The smallest absolute Gasteiger partial charge is 0.125 e. The Bertz CT molecular complexity index is 422. The van der Waals surface area contributed by atoms with E-state index in [9.17, 15) is 0 Å². The molecule has 0 aliphatic carbocycles. The summed E-state index contributed by atoms with van der Waals surface area (Å²) in [4.78, 5) is 8.45. The first-order valence-electron chi connectivity index (χ1n) is 4.28. The number of aryl methyl sites for hydroxylation is 1. The summed E-state index contributed by atoms with van der Waals surface area (Å²) in [5.41, 5.74) is 2.71. The number of thiazole rings is 1. The Balaban J connectivity index is 2.34. The lowest BCUT2D eigenvalue weighted by atomic mass is 10.3. The molecule has 0 aliphatic rings. The summed E-state index contributed by atoms with van der Waals surface area (Å²) in [5.74, 6) is 0. The van der Waals surface area contributed by atoms with E-state index < -0.39 is 0 Å². The van der Waals surface area contributed by atoms with Crippen LogP contribution in [0.1, 0.15) is 11.4 Å². The van der Waals surface area contributed by atoms with Gasteiger partial charge in [0.2, 0.25) is 0 Å². The molecule has 0 aliphatic heterocycles. The average Bonchev–Trinajstić information content (AvgIpc) is 2.67. The molecule has 2 aromatic rings. The lowest BCUT2D eigenvalue weighted by Gasteiger charge is -1.95. The molecule has 0 unspecified atom stereocenters. The normalized spacial score (nSPS) is 10.4. The van der Waals surface area contributed by atoms with Gasteiger partial charge in [0.15, 0.2) is 0 Å². The number of rotatable bonds is 2. The van der Waals surface area contributed by atoms with E-state index in [1.54, 1.807) is 6.20 Å². The van der Waals surface area contributed by atoms with Crippen molar-refractivity contribution in [3.05, 3.63) is 35.1 Å². The Morgan fingerprint density at radius 3 is 2.86 bits per heavy atom. The molecule has 14 heavy (non-hydrogen) atoms. The van der Waals surface area contributed by atoms with E-state index >= 15 is 0 Å². The zero-order chi connectivity index (χ0) is 9.97. The standard InChI is InChI=1S/C10H10N2OS/c1-7-2-3-8(4-11-7)10-12-9(5-13)6-14-10/h2-4,6,13H,5H2,1H3. The molecular weight excluding hydrogens is 196 g/mol. The number of aromatic nitrogens is 2. The predicted molar refractivity (Wildman–Crippen MR) is 56.0 cm³/mol. The molecular formula is C10H10N2OS. The maximum Gasteiger partial charge on any atom is 0.125 e. The van der Waals surface area contributed by atoms with E-state index in [0.29, 0.717) is 5.69 Å². The van der Waals surface area contributed by atoms with Gasteiger partial charge in [0, 0.05) is 22.8 Å². The Kier molecular flexibility index (Phi) is 2.56. The zero-order valence-electron chi connectivity index (χ0n) is 7.77. The Morgan fingerprint density at radius 2 is 2.29 bits per heavy atom. The molecule has 0 amide bonds. The molecule has 2 rings (SSSR count). The van der Waals surface area contributed by atoms with Gasteiger partial charge < -0.3 is 5.11 Å². The Morgan fingerprint density at radius 1 is 1.43 bits per heavy atom. The van der Waals surface area contributed by atoms with Crippen LogP contribution < -0.4 is 0 Å². The van der Waals surface area contributed by atoms with Gasteiger partial charge in [-0.3, -0.25) is 4.98 Å². The van der Waals surface area contributed by atoms with Gasteiger partial charge in [0.25, 0.3) is 0 Å². The van der Waals surface area contributed by atoms with Crippen molar-refractivity contribution in [1.82, 2.24) is 9.97 Å². The molecule has 0 spiro atoms. The van der Waals surface area contributed by atoms with Crippen LogP contribution in [0.25, 0.3) is 10.6 Å². The summed E-state index contributed by atoms with van der Waals surface area (Å²) < 4.78 is 0. The first-order valence-corrected chi connectivity index (χ1v) is 5.16. The first kappa shape index (κ1) is 9.30. The molecule has 0 saturated heterocycles. The SMILES string of the molecule is Cc1ccc(-c2nc(CO)cs2)cn1.